The Kier molecular flexibility index (Phi) is 5.83. The van der Waals surface area contributed by atoms with Crippen LogP contribution in [0.5, 0.6) is 0 Å². The molecule has 0 aliphatic heterocycles. The Morgan fingerprint density at radius 2 is 2.00 bits per heavy atom. The summed E-state index contributed by atoms with van der Waals surface area (Å²) in [5.74, 6) is 1.82. The van der Waals surface area contributed by atoms with Crippen LogP contribution in [0.2, 0.25) is 0 Å². The number of nitrogens with zero attached hydrogens (tertiary/aromatic N) is 4. The number of benzene rings is 1. The van der Waals surface area contributed by atoms with Crippen molar-refractivity contribution in [3.8, 4) is 11.4 Å². The average molecular weight is 446 g/mol. The number of hydrogen-bond donors (Lipinski definition) is 1. The zero-order valence-electron chi connectivity index (χ0n) is 18.4. The number of thioether (sulfide) groups is 1. The molecule has 2 atom stereocenters. The van der Waals surface area contributed by atoms with Gasteiger partial charge in [-0.3, -0.25) is 14.3 Å². The van der Waals surface area contributed by atoms with Gasteiger partial charge >= 0.3 is 0 Å². The second-order valence-electron chi connectivity index (χ2n) is 8.63. The molecule has 3 heterocycles. The Morgan fingerprint density at radius 3 is 2.81 bits per heavy atom. The molecule has 1 aliphatic rings. The van der Waals surface area contributed by atoms with E-state index in [2.05, 4.69) is 31.7 Å². The number of hydrogen-bond acceptors (Lipinski definition) is 5. The number of carbonyl (C=O) groups is 1. The number of ketones is 1. The van der Waals surface area contributed by atoms with Crippen molar-refractivity contribution < 1.29 is 4.79 Å². The van der Waals surface area contributed by atoms with Gasteiger partial charge in [0, 0.05) is 46.2 Å². The summed E-state index contributed by atoms with van der Waals surface area (Å²) in [5, 5.41) is 10.9. The lowest BCUT2D eigenvalue weighted by molar-refractivity contribution is 0.102. The van der Waals surface area contributed by atoms with Crippen LogP contribution in [-0.2, 0) is 0 Å². The number of rotatable bonds is 6. The number of aromatic amines is 1. The molecule has 164 valence electrons. The standard InChI is InChI=1S/C25H27N5OS/c1-16-8-3-6-12-21(16)30-24(18-9-7-13-26-14-18)28-29-25(30)32-15-22(31)23-17(2)27-20-11-5-4-10-19(20)23/h4-5,7,9-11,13-14,16,21,27H,3,6,8,12,15H2,1-2H3/t16-,21-/m1/s1. The van der Waals surface area contributed by atoms with Gasteiger partial charge in [-0.25, -0.2) is 0 Å². The minimum atomic E-state index is 0.110. The molecule has 5 rings (SSSR count). The van der Waals surface area contributed by atoms with E-state index in [1.54, 1.807) is 6.20 Å². The number of fused-ring (bicyclic) bond motifs is 1. The molecule has 4 aromatic rings. The Balaban J connectivity index is 1.46. The lowest BCUT2D eigenvalue weighted by Crippen LogP contribution is -2.22. The second-order valence-corrected chi connectivity index (χ2v) is 9.57. The van der Waals surface area contributed by atoms with Gasteiger partial charge in [-0.2, -0.15) is 0 Å². The summed E-state index contributed by atoms with van der Waals surface area (Å²) >= 11 is 1.49. The first-order valence-corrected chi connectivity index (χ1v) is 12.2. The highest BCUT2D eigenvalue weighted by Gasteiger charge is 2.29. The van der Waals surface area contributed by atoms with Crippen LogP contribution in [0.1, 0.15) is 54.7 Å². The largest absolute Gasteiger partial charge is 0.358 e. The number of para-hydroxylation sites is 1. The lowest BCUT2D eigenvalue weighted by atomic mass is 9.85. The highest BCUT2D eigenvalue weighted by molar-refractivity contribution is 7.99. The SMILES string of the molecule is Cc1[nH]c2ccccc2c1C(=O)CSc1nnc(-c2cccnc2)n1[C@@H]1CCCC[C@H]1C. The zero-order valence-corrected chi connectivity index (χ0v) is 19.2. The smallest absolute Gasteiger partial charge is 0.192 e. The lowest BCUT2D eigenvalue weighted by Gasteiger charge is -2.31. The van der Waals surface area contributed by atoms with Crippen molar-refractivity contribution >= 4 is 28.4 Å². The molecule has 0 saturated heterocycles. The van der Waals surface area contributed by atoms with Gasteiger partial charge in [0.2, 0.25) is 0 Å². The Bertz CT molecular complexity index is 1250. The fourth-order valence-corrected chi connectivity index (χ4v) is 5.75. The molecule has 32 heavy (non-hydrogen) atoms. The van der Waals surface area contributed by atoms with Gasteiger partial charge < -0.3 is 4.98 Å². The molecule has 1 fully saturated rings. The summed E-state index contributed by atoms with van der Waals surface area (Å²) in [6, 6.07) is 12.2. The minimum Gasteiger partial charge on any atom is -0.358 e. The first-order chi connectivity index (χ1) is 15.6. The van der Waals surface area contributed by atoms with E-state index in [4.69, 9.17) is 0 Å². The molecular weight excluding hydrogens is 418 g/mol. The molecule has 1 saturated carbocycles. The minimum absolute atomic E-state index is 0.110. The summed E-state index contributed by atoms with van der Waals surface area (Å²) in [7, 11) is 0. The van der Waals surface area contributed by atoms with Crippen LogP contribution in [0.3, 0.4) is 0 Å². The Hall–Kier alpha value is -2.93. The first kappa shape index (κ1) is 20.9. The monoisotopic (exact) mass is 445 g/mol. The first-order valence-electron chi connectivity index (χ1n) is 11.2. The predicted octanol–water partition coefficient (Wildman–Crippen LogP) is 5.86. The quantitative estimate of drug-likeness (QED) is 0.297. The molecule has 0 unspecified atom stereocenters. The van der Waals surface area contributed by atoms with Crippen molar-refractivity contribution in [2.75, 3.05) is 5.75 Å². The van der Waals surface area contributed by atoms with Crippen molar-refractivity contribution in [3.05, 3.63) is 60.0 Å². The van der Waals surface area contributed by atoms with Crippen molar-refractivity contribution in [1.82, 2.24) is 24.7 Å². The van der Waals surface area contributed by atoms with Gasteiger partial charge in [-0.1, -0.05) is 49.7 Å². The molecule has 1 N–H and O–H groups in total. The van der Waals surface area contributed by atoms with Crippen LogP contribution >= 0.6 is 11.8 Å². The van der Waals surface area contributed by atoms with Crippen LogP contribution in [0, 0.1) is 12.8 Å². The summed E-state index contributed by atoms with van der Waals surface area (Å²) in [6.45, 7) is 4.27. The molecule has 0 amide bonds. The van der Waals surface area contributed by atoms with Crippen molar-refractivity contribution in [3.63, 3.8) is 0 Å². The maximum Gasteiger partial charge on any atom is 0.192 e. The summed E-state index contributed by atoms with van der Waals surface area (Å²) in [4.78, 5) is 20.8. The summed E-state index contributed by atoms with van der Waals surface area (Å²) in [6.07, 6.45) is 8.39. The van der Waals surface area contributed by atoms with Gasteiger partial charge in [0.25, 0.3) is 0 Å². The number of pyridine rings is 1. The van der Waals surface area contributed by atoms with E-state index in [0.717, 1.165) is 45.1 Å². The van der Waals surface area contributed by atoms with E-state index in [1.165, 1.54) is 31.0 Å². The molecule has 0 radical (unpaired) electrons. The number of nitrogens with one attached hydrogen (secondary N) is 1. The Morgan fingerprint density at radius 1 is 1.16 bits per heavy atom. The predicted molar refractivity (Wildman–Crippen MR) is 128 cm³/mol. The van der Waals surface area contributed by atoms with Gasteiger partial charge in [0.15, 0.2) is 16.8 Å². The number of aromatic nitrogens is 5. The molecule has 6 nitrogen and oxygen atoms in total. The second kappa shape index (κ2) is 8.90. The molecule has 3 aromatic heterocycles. The molecular formula is C25H27N5OS. The zero-order chi connectivity index (χ0) is 22.1. The Labute approximate surface area is 191 Å². The normalized spacial score (nSPS) is 18.8. The van der Waals surface area contributed by atoms with Crippen LogP contribution in [-0.4, -0.2) is 36.3 Å². The molecule has 7 heteroatoms. The number of Topliss-reactive ketones (excluding diaryl/α,β-unsaturated/α-hetero) is 1. The van der Waals surface area contributed by atoms with E-state index in [0.29, 0.717) is 17.7 Å². The van der Waals surface area contributed by atoms with Crippen molar-refractivity contribution in [1.29, 1.82) is 0 Å². The number of H-pyrrole nitrogens is 1. The molecule has 0 bridgehead atoms. The summed E-state index contributed by atoms with van der Waals surface area (Å²) < 4.78 is 2.26. The van der Waals surface area contributed by atoms with E-state index < -0.39 is 0 Å². The number of carbonyl (C=O) groups excluding carboxylic acids is 1. The molecule has 1 aliphatic carbocycles. The summed E-state index contributed by atoms with van der Waals surface area (Å²) in [5.41, 5.74) is 3.65. The third-order valence-electron chi connectivity index (χ3n) is 6.49. The van der Waals surface area contributed by atoms with Crippen LogP contribution in [0.25, 0.3) is 22.3 Å². The molecule has 1 aromatic carbocycles. The van der Waals surface area contributed by atoms with E-state index >= 15 is 0 Å². The third kappa shape index (κ3) is 3.86. The highest BCUT2D eigenvalue weighted by Crippen LogP contribution is 2.39. The molecule has 0 spiro atoms. The van der Waals surface area contributed by atoms with Crippen LogP contribution in [0.15, 0.2) is 53.9 Å². The van der Waals surface area contributed by atoms with Crippen LogP contribution < -0.4 is 0 Å². The maximum absolute atomic E-state index is 13.2. The van der Waals surface area contributed by atoms with Crippen molar-refractivity contribution in [2.24, 2.45) is 5.92 Å². The fraction of sp³-hybridized carbons (Fsp3) is 0.360. The van der Waals surface area contributed by atoms with Gasteiger partial charge in [-0.15, -0.1) is 10.2 Å². The van der Waals surface area contributed by atoms with Crippen molar-refractivity contribution in [2.45, 2.75) is 50.7 Å². The van der Waals surface area contributed by atoms with E-state index in [9.17, 15) is 4.79 Å². The number of aryl methyl sites for hydroxylation is 1. The average Bonchev–Trinajstić information content (AvgIpc) is 3.38. The van der Waals surface area contributed by atoms with Gasteiger partial charge in [0.05, 0.1) is 5.75 Å². The fourth-order valence-electron chi connectivity index (χ4n) is 4.88. The van der Waals surface area contributed by atoms with E-state index in [-0.39, 0.29) is 5.78 Å². The highest BCUT2D eigenvalue weighted by atomic mass is 32.2. The van der Waals surface area contributed by atoms with Gasteiger partial charge in [-0.05, 0) is 43.9 Å². The topological polar surface area (TPSA) is 76.5 Å². The van der Waals surface area contributed by atoms with Gasteiger partial charge in [0.1, 0.15) is 0 Å². The third-order valence-corrected chi connectivity index (χ3v) is 7.43. The van der Waals surface area contributed by atoms with E-state index in [1.807, 2.05) is 49.5 Å². The maximum atomic E-state index is 13.2. The van der Waals surface area contributed by atoms with Crippen LogP contribution in [0.4, 0.5) is 0 Å².